The van der Waals surface area contributed by atoms with Gasteiger partial charge in [-0.2, -0.15) is 0 Å². The number of carboxylic acid groups (broad SMARTS) is 2. The Bertz CT molecular complexity index is 2730. The molecule has 18 heteroatoms. The number of Topliss-reactive ketones (excluding diaryl/α,β-unsaturated/α-hetero) is 1. The lowest BCUT2D eigenvalue weighted by molar-refractivity contribution is -0.277. The number of carbonyl (C=O) groups excluding carboxylic acids is 6. The van der Waals surface area contributed by atoms with E-state index in [1.54, 1.807) is 113 Å². The molecule has 3 aromatic carbocycles. The second-order valence-electron chi connectivity index (χ2n) is 22.1. The lowest BCUT2D eigenvalue weighted by Gasteiger charge is -2.64. The zero-order valence-electron chi connectivity index (χ0n) is 47.1. The first-order valence-electron chi connectivity index (χ1n) is 26.3. The number of ether oxygens (including phenoxy) is 5. The van der Waals surface area contributed by atoms with Crippen molar-refractivity contribution in [2.45, 2.75) is 157 Å². The average Bonchev–Trinajstić information content (AvgIpc) is 3.38. The van der Waals surface area contributed by atoms with E-state index in [0.29, 0.717) is 5.56 Å². The predicted octanol–water partition coefficient (Wildman–Crippen LogP) is 7.88. The molecule has 3 aliphatic carbocycles. The van der Waals surface area contributed by atoms with Crippen LogP contribution in [0.3, 0.4) is 0 Å². The van der Waals surface area contributed by atoms with E-state index in [-0.39, 0.29) is 48.1 Å². The summed E-state index contributed by atoms with van der Waals surface area (Å²) in [5.74, 6) is -8.75. The number of aliphatic carboxylic acids is 2. The molecule has 2 saturated carbocycles. The largest absolute Gasteiger partial charge is 0.481 e. The Labute approximate surface area is 462 Å². The Morgan fingerprint density at radius 3 is 1.78 bits per heavy atom. The molecule has 2 bridgehead atoms. The average molecular weight is 1100 g/mol. The summed E-state index contributed by atoms with van der Waals surface area (Å²) in [6.07, 6.45) is -1.16. The van der Waals surface area contributed by atoms with Crippen LogP contribution in [0.4, 0.5) is 0 Å². The van der Waals surface area contributed by atoms with Crippen molar-refractivity contribution >= 4 is 47.5 Å². The van der Waals surface area contributed by atoms with Gasteiger partial charge in [0.1, 0.15) is 23.9 Å². The van der Waals surface area contributed by atoms with Gasteiger partial charge in [-0.05, 0) is 95.4 Å². The first-order chi connectivity index (χ1) is 37.0. The van der Waals surface area contributed by atoms with Gasteiger partial charge in [-0.1, -0.05) is 94.4 Å². The van der Waals surface area contributed by atoms with Crippen molar-refractivity contribution in [3.63, 3.8) is 0 Å². The number of aliphatic hydroxyl groups is 2. The van der Waals surface area contributed by atoms with E-state index in [1.807, 2.05) is 13.8 Å². The van der Waals surface area contributed by atoms with Crippen LogP contribution in [-0.2, 0) is 52.5 Å². The van der Waals surface area contributed by atoms with Crippen LogP contribution in [-0.4, -0.2) is 117 Å². The number of terminal acetylenes is 1. The molecule has 3 aromatic rings. The Morgan fingerprint density at radius 1 is 0.785 bits per heavy atom. The molecule has 5 N–H and O–H groups in total. The molecule has 1 aliphatic heterocycles. The second kappa shape index (κ2) is 26.2. The maximum absolute atomic E-state index is 15.5. The third-order valence-corrected chi connectivity index (χ3v) is 15.8. The van der Waals surface area contributed by atoms with Crippen molar-refractivity contribution < 1.29 is 82.5 Å². The molecule has 79 heavy (non-hydrogen) atoms. The first kappa shape index (κ1) is 64.3. The maximum Gasteiger partial charge on any atom is 0.350 e. The molecule has 18 nitrogen and oxygen atoms in total. The number of hydrogen-bond donors (Lipinski definition) is 5. The predicted molar refractivity (Wildman–Crippen MR) is 290 cm³/mol. The van der Waals surface area contributed by atoms with Gasteiger partial charge in [-0.3, -0.25) is 28.8 Å². The summed E-state index contributed by atoms with van der Waals surface area (Å²) in [5.41, 5.74) is -7.37. The number of esters is 4. The highest BCUT2D eigenvalue weighted by Gasteiger charge is 2.73. The zero-order chi connectivity index (χ0) is 59.6. The van der Waals surface area contributed by atoms with E-state index in [1.165, 1.54) is 32.9 Å². The van der Waals surface area contributed by atoms with E-state index >= 15 is 9.59 Å². The second-order valence-corrected chi connectivity index (χ2v) is 22.1. The van der Waals surface area contributed by atoms with Gasteiger partial charge >= 0.3 is 29.8 Å². The minimum Gasteiger partial charge on any atom is -0.481 e. The van der Waals surface area contributed by atoms with Crippen LogP contribution >= 0.6 is 0 Å². The molecular weight excluding hydrogens is 1020 g/mol. The van der Waals surface area contributed by atoms with Gasteiger partial charge < -0.3 is 49.4 Å². The number of aliphatic hydroxyl groups excluding tert-OH is 1. The molecule has 0 spiro atoms. The van der Waals surface area contributed by atoms with Crippen LogP contribution in [0.15, 0.2) is 102 Å². The van der Waals surface area contributed by atoms with Crippen LogP contribution in [0.2, 0.25) is 0 Å². The maximum atomic E-state index is 15.5. The summed E-state index contributed by atoms with van der Waals surface area (Å²) < 4.78 is 30.9. The van der Waals surface area contributed by atoms with Crippen molar-refractivity contribution in [1.82, 2.24) is 5.32 Å². The lowest BCUT2D eigenvalue weighted by Crippen LogP contribution is -2.75. The molecule has 6 unspecified atom stereocenters. The van der Waals surface area contributed by atoms with Crippen LogP contribution < -0.4 is 5.32 Å². The summed E-state index contributed by atoms with van der Waals surface area (Å²) in [4.78, 5) is 108. The van der Waals surface area contributed by atoms with E-state index in [2.05, 4.69) is 18.2 Å². The number of carboxylic acids is 2. The molecule has 11 atom stereocenters. The monoisotopic (exact) mass is 1100 g/mol. The minimum absolute atomic E-state index is 0.0194. The summed E-state index contributed by atoms with van der Waals surface area (Å²) >= 11 is 0. The fourth-order valence-electron chi connectivity index (χ4n) is 10.9. The summed E-state index contributed by atoms with van der Waals surface area (Å²) in [7, 11) is 0. The molecule has 3 fully saturated rings. The number of benzene rings is 3. The highest BCUT2D eigenvalue weighted by atomic mass is 16.6. The standard InChI is InChI=1S/C55H65NO15.C2H4O2.C2H6.C2H2/c1-30-37(69-48(62)43(70-50(65)52(5,6)26-25-51(3,4)49(63)64)41(32-19-13-10-14-20-32)56-46(60)33-21-15-11-16-22-33)28-55(66)45(71-47(61)34-23-17-12-18-24-34)40-35-29-67-36(35)27-38(58)54(40,9)44(59)42(68-31(2)57)39(30)53(55,7)8;1-2(3)4;2*1-2/h10-24,35-38,40-43,45,58,66H,25-29H2,1-9H3,(H,56,60)(H,63,64);1H3,(H,3,4);1-2H3;1-2H/t35-,36?,37+,38?,40?,41+,42?,43-,45+,54?,55?;;;/m1.../s1. The Kier molecular flexibility index (Phi) is 21.3. The number of ketones is 1. The number of amides is 1. The van der Waals surface area contributed by atoms with E-state index in [4.69, 9.17) is 33.6 Å². The van der Waals surface area contributed by atoms with Gasteiger partial charge in [-0.15, -0.1) is 12.8 Å². The van der Waals surface area contributed by atoms with Crippen molar-refractivity contribution in [3.8, 4) is 12.8 Å². The number of fused-ring (bicyclic) bond motifs is 5. The smallest absolute Gasteiger partial charge is 0.350 e. The quantitative estimate of drug-likeness (QED) is 0.0419. The van der Waals surface area contributed by atoms with Gasteiger partial charge in [0.2, 0.25) is 6.10 Å². The van der Waals surface area contributed by atoms with Gasteiger partial charge in [0.25, 0.3) is 11.9 Å². The Balaban J connectivity index is 0.00000159. The number of rotatable bonds is 15. The van der Waals surface area contributed by atoms with Crippen molar-refractivity contribution in [1.29, 1.82) is 0 Å². The van der Waals surface area contributed by atoms with E-state index in [0.717, 1.165) is 13.8 Å². The molecule has 1 saturated heterocycles. The minimum atomic E-state index is -2.27. The van der Waals surface area contributed by atoms with Crippen molar-refractivity contribution in [3.05, 3.63) is 119 Å². The molecule has 0 radical (unpaired) electrons. The summed E-state index contributed by atoms with van der Waals surface area (Å²) in [6, 6.07) is 23.1. The number of hydrogen-bond acceptors (Lipinski definition) is 15. The molecule has 428 valence electrons. The van der Waals surface area contributed by atoms with Crippen LogP contribution in [0.25, 0.3) is 0 Å². The van der Waals surface area contributed by atoms with Gasteiger partial charge in [-0.25, -0.2) is 9.59 Å². The number of nitrogens with one attached hydrogen (secondary N) is 1. The SMILES string of the molecule is C#C.CC.CC(=O)O.CC(=O)OC1C(=O)C2(C)C(O)CC3OC[C@H]3C2[C@H](OC(=O)c2ccccc2)C2(O)C[C@H](OC(=O)[C@H](OC(=O)C(C)(C)CCC(C)(C)C(=O)O)[C@@H](NC(=O)c3ccccc3)c3ccccc3)C(C)=C1C2(C)C. The van der Waals surface area contributed by atoms with Crippen molar-refractivity contribution in [2.24, 2.45) is 33.5 Å². The molecule has 0 aromatic heterocycles. The molecule has 1 amide bonds. The van der Waals surface area contributed by atoms with Gasteiger partial charge in [0.15, 0.2) is 11.9 Å². The lowest BCUT2D eigenvalue weighted by atomic mass is 9.46. The van der Waals surface area contributed by atoms with Crippen LogP contribution in [0.1, 0.15) is 141 Å². The third kappa shape index (κ3) is 13.6. The molecule has 1 heterocycles. The van der Waals surface area contributed by atoms with Crippen LogP contribution in [0.5, 0.6) is 0 Å². The summed E-state index contributed by atoms with van der Waals surface area (Å²) in [6.45, 7) is 18.8. The van der Waals surface area contributed by atoms with Crippen molar-refractivity contribution in [2.75, 3.05) is 6.61 Å². The van der Waals surface area contributed by atoms with Crippen LogP contribution in [0, 0.1) is 46.3 Å². The number of carbonyl (C=O) groups is 8. The highest BCUT2D eigenvalue weighted by Crippen LogP contribution is 2.62. The summed E-state index contributed by atoms with van der Waals surface area (Å²) in [5, 5.41) is 46.0. The van der Waals surface area contributed by atoms with Gasteiger partial charge in [0.05, 0.1) is 40.6 Å². The normalized spacial score (nSPS) is 26.2. The van der Waals surface area contributed by atoms with Gasteiger partial charge in [0, 0.05) is 49.5 Å². The zero-order valence-corrected chi connectivity index (χ0v) is 47.1. The highest BCUT2D eigenvalue weighted by molar-refractivity contribution is 5.96. The first-order valence-corrected chi connectivity index (χ1v) is 26.3. The molecule has 7 rings (SSSR count). The Morgan fingerprint density at radius 2 is 1.29 bits per heavy atom. The molecule has 4 aliphatic rings. The van der Waals surface area contributed by atoms with E-state index in [9.17, 15) is 39.3 Å². The fourth-order valence-corrected chi connectivity index (χ4v) is 10.9. The molecular formula is C61H77NO17. The third-order valence-electron chi connectivity index (χ3n) is 15.8. The van der Waals surface area contributed by atoms with E-state index < -0.39 is 136 Å². The topological polar surface area (TPSA) is 276 Å². The fraction of sp³-hybridized carbons (Fsp3) is 0.508. The Hall–Kier alpha value is -7.20.